The summed E-state index contributed by atoms with van der Waals surface area (Å²) in [5, 5.41) is 18.8. The molecule has 6 heteroatoms. The van der Waals surface area contributed by atoms with Gasteiger partial charge in [0.2, 0.25) is 0 Å². The fourth-order valence-corrected chi connectivity index (χ4v) is 3.10. The molecule has 0 spiro atoms. The molecule has 1 aromatic carbocycles. The molecule has 0 unspecified atom stereocenters. The molecule has 1 aliphatic heterocycles. The van der Waals surface area contributed by atoms with Gasteiger partial charge >= 0.3 is 0 Å². The van der Waals surface area contributed by atoms with Crippen LogP contribution in [0.15, 0.2) is 23.1 Å². The Balaban J connectivity index is 2.22. The molecule has 0 bridgehead atoms. The summed E-state index contributed by atoms with van der Waals surface area (Å²) in [4.78, 5) is 25.9. The van der Waals surface area contributed by atoms with Crippen molar-refractivity contribution in [1.29, 1.82) is 0 Å². The van der Waals surface area contributed by atoms with E-state index in [4.69, 9.17) is 0 Å². The molecule has 1 saturated heterocycles. The lowest BCUT2D eigenvalue weighted by molar-refractivity contribution is -0.123. The zero-order valence-corrected chi connectivity index (χ0v) is 13.4. The van der Waals surface area contributed by atoms with Gasteiger partial charge in [0.25, 0.3) is 11.1 Å². The van der Waals surface area contributed by atoms with Crippen molar-refractivity contribution in [3.8, 4) is 11.5 Å². The highest BCUT2D eigenvalue weighted by Gasteiger charge is 2.35. The van der Waals surface area contributed by atoms with Crippen LogP contribution in [0.4, 0.5) is 4.79 Å². The van der Waals surface area contributed by atoms with Gasteiger partial charge in [-0.3, -0.25) is 14.5 Å². The molecule has 22 heavy (non-hydrogen) atoms. The molecule has 1 fully saturated rings. The molecule has 118 valence electrons. The van der Waals surface area contributed by atoms with E-state index in [1.165, 1.54) is 29.2 Å². The summed E-state index contributed by atoms with van der Waals surface area (Å²) in [6, 6.07) is 4.11. The minimum atomic E-state index is -0.325. The second-order valence-electron chi connectivity index (χ2n) is 5.22. The van der Waals surface area contributed by atoms with Crippen LogP contribution in [-0.2, 0) is 4.79 Å². The number of hydrogen-bond acceptors (Lipinski definition) is 5. The van der Waals surface area contributed by atoms with Crippen LogP contribution in [0.25, 0.3) is 6.08 Å². The SMILES string of the molecule is CCC(CC)CN1C(=O)S/C(=C\c2ccc(O)cc2O)C1=O. The fourth-order valence-electron chi connectivity index (χ4n) is 2.26. The van der Waals surface area contributed by atoms with Gasteiger partial charge in [0, 0.05) is 18.2 Å². The van der Waals surface area contributed by atoms with Crippen molar-refractivity contribution in [1.82, 2.24) is 4.90 Å². The predicted octanol–water partition coefficient (Wildman–Crippen LogP) is 3.57. The molecule has 0 aliphatic carbocycles. The molecule has 0 radical (unpaired) electrons. The summed E-state index contributed by atoms with van der Waals surface area (Å²) < 4.78 is 0. The first-order chi connectivity index (χ1) is 10.5. The van der Waals surface area contributed by atoms with Gasteiger partial charge in [-0.1, -0.05) is 26.7 Å². The summed E-state index contributed by atoms with van der Waals surface area (Å²) in [5.74, 6) is -0.215. The van der Waals surface area contributed by atoms with Gasteiger partial charge in [-0.05, 0) is 35.9 Å². The van der Waals surface area contributed by atoms with Gasteiger partial charge in [0.05, 0.1) is 4.91 Å². The summed E-state index contributed by atoms with van der Waals surface area (Å²) in [6.07, 6.45) is 3.30. The molecular formula is C16H19NO4S. The highest BCUT2D eigenvalue weighted by molar-refractivity contribution is 8.18. The molecule has 2 amide bonds. The van der Waals surface area contributed by atoms with E-state index in [0.29, 0.717) is 18.0 Å². The normalized spacial score (nSPS) is 17.0. The summed E-state index contributed by atoms with van der Waals surface area (Å²) >= 11 is 0.877. The zero-order valence-electron chi connectivity index (χ0n) is 12.6. The van der Waals surface area contributed by atoms with Crippen molar-refractivity contribution >= 4 is 29.0 Å². The molecule has 2 rings (SSSR count). The van der Waals surface area contributed by atoms with Crippen molar-refractivity contribution in [3.05, 3.63) is 28.7 Å². The third-order valence-electron chi connectivity index (χ3n) is 3.77. The molecule has 0 aromatic heterocycles. The Kier molecular flexibility index (Phi) is 5.13. The predicted molar refractivity (Wildman–Crippen MR) is 86.5 cm³/mol. The Morgan fingerprint density at radius 2 is 1.91 bits per heavy atom. The van der Waals surface area contributed by atoms with E-state index in [1.807, 2.05) is 13.8 Å². The van der Waals surface area contributed by atoms with Crippen LogP contribution in [0.1, 0.15) is 32.3 Å². The topological polar surface area (TPSA) is 77.8 Å². The van der Waals surface area contributed by atoms with E-state index in [-0.39, 0.29) is 27.6 Å². The second-order valence-corrected chi connectivity index (χ2v) is 6.21. The maximum Gasteiger partial charge on any atom is 0.293 e. The summed E-state index contributed by atoms with van der Waals surface area (Å²) in [7, 11) is 0. The molecular weight excluding hydrogens is 302 g/mol. The average molecular weight is 321 g/mol. The number of carbonyl (C=O) groups is 2. The van der Waals surface area contributed by atoms with E-state index in [1.54, 1.807) is 0 Å². The maximum absolute atomic E-state index is 12.4. The van der Waals surface area contributed by atoms with Gasteiger partial charge in [-0.25, -0.2) is 0 Å². The Morgan fingerprint density at radius 1 is 1.23 bits per heavy atom. The summed E-state index contributed by atoms with van der Waals surface area (Å²) in [5.41, 5.74) is 0.394. The number of imide groups is 1. The van der Waals surface area contributed by atoms with Crippen LogP contribution in [0.3, 0.4) is 0 Å². The molecule has 1 aromatic rings. The standard InChI is InChI=1S/C16H19NO4S/c1-3-10(4-2)9-17-15(20)14(22-16(17)21)7-11-5-6-12(18)8-13(11)19/h5-8,10,18-19H,3-4,9H2,1-2H3/b14-7-. The Hall–Kier alpha value is -1.95. The van der Waals surface area contributed by atoms with Gasteiger partial charge < -0.3 is 10.2 Å². The first kappa shape index (κ1) is 16.4. The number of aromatic hydroxyl groups is 2. The first-order valence-corrected chi connectivity index (χ1v) is 8.05. The Bertz CT molecular complexity index is 623. The number of benzene rings is 1. The lowest BCUT2D eigenvalue weighted by Crippen LogP contribution is -2.33. The smallest absolute Gasteiger partial charge is 0.293 e. The van der Waals surface area contributed by atoms with Gasteiger partial charge in [-0.15, -0.1) is 0 Å². The third-order valence-corrected chi connectivity index (χ3v) is 4.68. The van der Waals surface area contributed by atoms with E-state index >= 15 is 0 Å². The number of phenolic OH excluding ortho intramolecular Hbond substituents is 2. The van der Waals surface area contributed by atoms with E-state index < -0.39 is 0 Å². The monoisotopic (exact) mass is 321 g/mol. The molecule has 1 aliphatic rings. The van der Waals surface area contributed by atoms with Crippen molar-refractivity contribution in [2.75, 3.05) is 6.54 Å². The summed E-state index contributed by atoms with van der Waals surface area (Å²) in [6.45, 7) is 4.51. The van der Waals surface area contributed by atoms with Crippen molar-refractivity contribution in [2.45, 2.75) is 26.7 Å². The highest BCUT2D eigenvalue weighted by Crippen LogP contribution is 2.35. The minimum absolute atomic E-state index is 0.0588. The van der Waals surface area contributed by atoms with Gasteiger partial charge in [-0.2, -0.15) is 0 Å². The highest BCUT2D eigenvalue weighted by atomic mass is 32.2. The molecule has 0 atom stereocenters. The molecule has 1 heterocycles. The van der Waals surface area contributed by atoms with Crippen LogP contribution in [0.5, 0.6) is 11.5 Å². The second kappa shape index (κ2) is 6.87. The zero-order chi connectivity index (χ0) is 16.3. The maximum atomic E-state index is 12.4. The van der Waals surface area contributed by atoms with Crippen LogP contribution < -0.4 is 0 Å². The lowest BCUT2D eigenvalue weighted by Gasteiger charge is -2.18. The van der Waals surface area contributed by atoms with Crippen LogP contribution in [-0.4, -0.2) is 32.8 Å². The quantitative estimate of drug-likeness (QED) is 0.811. The van der Waals surface area contributed by atoms with E-state index in [2.05, 4.69) is 0 Å². The minimum Gasteiger partial charge on any atom is -0.508 e. The number of carbonyl (C=O) groups excluding carboxylic acids is 2. The van der Waals surface area contributed by atoms with Gasteiger partial charge in [0.1, 0.15) is 11.5 Å². The van der Waals surface area contributed by atoms with Crippen LogP contribution in [0.2, 0.25) is 0 Å². The average Bonchev–Trinajstić information content (AvgIpc) is 2.74. The van der Waals surface area contributed by atoms with Crippen molar-refractivity contribution in [2.24, 2.45) is 5.92 Å². The fraction of sp³-hybridized carbons (Fsp3) is 0.375. The van der Waals surface area contributed by atoms with Crippen LogP contribution in [0, 0.1) is 5.92 Å². The van der Waals surface area contributed by atoms with E-state index in [0.717, 1.165) is 24.6 Å². The first-order valence-electron chi connectivity index (χ1n) is 7.23. The molecule has 5 nitrogen and oxygen atoms in total. The van der Waals surface area contributed by atoms with Crippen LogP contribution >= 0.6 is 11.8 Å². The van der Waals surface area contributed by atoms with E-state index in [9.17, 15) is 19.8 Å². The largest absolute Gasteiger partial charge is 0.508 e. The Labute approximate surface area is 133 Å². The lowest BCUT2D eigenvalue weighted by atomic mass is 10.0. The number of hydrogen-bond donors (Lipinski definition) is 2. The third kappa shape index (κ3) is 3.44. The molecule has 0 saturated carbocycles. The number of nitrogens with zero attached hydrogens (tertiary/aromatic N) is 1. The molecule has 2 N–H and O–H groups in total. The number of rotatable bonds is 5. The van der Waals surface area contributed by atoms with Crippen molar-refractivity contribution < 1.29 is 19.8 Å². The van der Waals surface area contributed by atoms with Crippen molar-refractivity contribution in [3.63, 3.8) is 0 Å². The Morgan fingerprint density at radius 3 is 2.50 bits per heavy atom. The number of thioether (sulfide) groups is 1. The number of amides is 2. The van der Waals surface area contributed by atoms with Gasteiger partial charge in [0.15, 0.2) is 0 Å². The number of phenols is 2.